The molecule has 1 heterocycles. The smallest absolute Gasteiger partial charge is 0.223 e. The fourth-order valence-electron chi connectivity index (χ4n) is 1.66. The number of halogens is 1. The lowest BCUT2D eigenvalue weighted by Crippen LogP contribution is -2.27. The summed E-state index contributed by atoms with van der Waals surface area (Å²) in [5.74, 6) is 1.49. The minimum Gasteiger partial charge on any atom is -0.493 e. The van der Waals surface area contributed by atoms with Crippen LogP contribution in [0.2, 0.25) is 5.02 Å². The Kier molecular flexibility index (Phi) is 5.43. The molecule has 1 aromatic heterocycles. The van der Waals surface area contributed by atoms with E-state index in [0.717, 1.165) is 5.82 Å². The van der Waals surface area contributed by atoms with Crippen molar-refractivity contribution in [1.29, 1.82) is 0 Å². The molecular formula is C14H16ClN3O2. The summed E-state index contributed by atoms with van der Waals surface area (Å²) in [4.78, 5) is 18.6. The van der Waals surface area contributed by atoms with Gasteiger partial charge < -0.3 is 15.0 Å². The van der Waals surface area contributed by atoms with Gasteiger partial charge in [0.25, 0.3) is 0 Å². The molecule has 0 bridgehead atoms. The summed E-state index contributed by atoms with van der Waals surface area (Å²) in [6.07, 6.45) is 4.45. The third-order valence-electron chi connectivity index (χ3n) is 2.63. The molecule has 0 atom stereocenters. The van der Waals surface area contributed by atoms with Crippen LogP contribution < -0.4 is 10.1 Å². The predicted molar refractivity (Wildman–Crippen MR) is 76.9 cm³/mol. The molecule has 0 radical (unpaired) electrons. The lowest BCUT2D eigenvalue weighted by molar-refractivity contribution is -0.121. The minimum absolute atomic E-state index is 0.0430. The standard InChI is InChI=1S/C14H16ClN3O2/c15-11-2-1-3-12(10-11)20-9-5-14(19)18-6-4-13-16-7-8-17-13/h1-3,7-8,10H,4-6,9H2,(H,16,17)(H,18,19). The highest BCUT2D eigenvalue weighted by Crippen LogP contribution is 2.16. The van der Waals surface area contributed by atoms with Gasteiger partial charge in [-0.25, -0.2) is 4.98 Å². The summed E-state index contributed by atoms with van der Waals surface area (Å²) in [6.45, 7) is 0.885. The van der Waals surface area contributed by atoms with Gasteiger partial charge >= 0.3 is 0 Å². The second-order valence-corrected chi connectivity index (χ2v) is 4.63. The first-order valence-electron chi connectivity index (χ1n) is 6.37. The van der Waals surface area contributed by atoms with E-state index in [1.54, 1.807) is 36.7 Å². The Hall–Kier alpha value is -2.01. The molecule has 1 amide bonds. The second-order valence-electron chi connectivity index (χ2n) is 4.19. The first-order valence-corrected chi connectivity index (χ1v) is 6.75. The Bertz CT molecular complexity index is 543. The van der Waals surface area contributed by atoms with Crippen molar-refractivity contribution < 1.29 is 9.53 Å². The highest BCUT2D eigenvalue weighted by atomic mass is 35.5. The highest BCUT2D eigenvalue weighted by molar-refractivity contribution is 6.30. The molecule has 0 aliphatic rings. The second kappa shape index (κ2) is 7.55. The van der Waals surface area contributed by atoms with Crippen molar-refractivity contribution >= 4 is 17.5 Å². The molecule has 5 nitrogen and oxygen atoms in total. The molecule has 0 unspecified atom stereocenters. The zero-order valence-electron chi connectivity index (χ0n) is 10.9. The third kappa shape index (κ3) is 4.93. The number of aromatic nitrogens is 2. The first-order chi connectivity index (χ1) is 9.74. The van der Waals surface area contributed by atoms with E-state index in [-0.39, 0.29) is 5.91 Å². The van der Waals surface area contributed by atoms with Crippen molar-refractivity contribution in [3.63, 3.8) is 0 Å². The van der Waals surface area contributed by atoms with Gasteiger partial charge in [0.15, 0.2) is 0 Å². The molecule has 2 N–H and O–H groups in total. The van der Waals surface area contributed by atoms with Crippen LogP contribution in [0.1, 0.15) is 12.2 Å². The molecule has 0 saturated heterocycles. The van der Waals surface area contributed by atoms with Crippen molar-refractivity contribution in [3.05, 3.63) is 47.5 Å². The fourth-order valence-corrected chi connectivity index (χ4v) is 1.84. The van der Waals surface area contributed by atoms with E-state index in [2.05, 4.69) is 15.3 Å². The van der Waals surface area contributed by atoms with E-state index in [1.807, 2.05) is 0 Å². The number of hydrogen-bond acceptors (Lipinski definition) is 3. The average molecular weight is 294 g/mol. The van der Waals surface area contributed by atoms with Crippen molar-refractivity contribution in [3.8, 4) is 5.75 Å². The van der Waals surface area contributed by atoms with E-state index >= 15 is 0 Å². The summed E-state index contributed by atoms with van der Waals surface area (Å²) in [5.41, 5.74) is 0. The van der Waals surface area contributed by atoms with E-state index in [0.29, 0.717) is 36.8 Å². The Morgan fingerprint density at radius 2 is 2.35 bits per heavy atom. The van der Waals surface area contributed by atoms with Gasteiger partial charge in [-0.15, -0.1) is 0 Å². The number of hydrogen-bond donors (Lipinski definition) is 2. The summed E-state index contributed by atoms with van der Waals surface area (Å²) in [7, 11) is 0. The maximum absolute atomic E-state index is 11.6. The minimum atomic E-state index is -0.0430. The number of H-pyrrole nitrogens is 1. The summed E-state index contributed by atoms with van der Waals surface area (Å²) in [5, 5.41) is 3.43. The van der Waals surface area contributed by atoms with Crippen LogP contribution in [0.5, 0.6) is 5.75 Å². The molecule has 0 aliphatic carbocycles. The molecule has 1 aromatic carbocycles. The fraction of sp³-hybridized carbons (Fsp3) is 0.286. The molecular weight excluding hydrogens is 278 g/mol. The van der Waals surface area contributed by atoms with Gasteiger partial charge in [-0.05, 0) is 18.2 Å². The number of benzene rings is 1. The van der Waals surface area contributed by atoms with Gasteiger partial charge in [-0.1, -0.05) is 17.7 Å². The first kappa shape index (κ1) is 14.4. The van der Waals surface area contributed by atoms with Crippen LogP contribution >= 0.6 is 11.6 Å². The quantitative estimate of drug-likeness (QED) is 0.822. The number of carbonyl (C=O) groups excluding carboxylic acids is 1. The van der Waals surface area contributed by atoms with Crippen molar-refractivity contribution in [1.82, 2.24) is 15.3 Å². The van der Waals surface area contributed by atoms with Crippen LogP contribution in [-0.4, -0.2) is 29.0 Å². The molecule has 2 rings (SSSR count). The summed E-state index contributed by atoms with van der Waals surface area (Å²) in [6, 6.07) is 7.11. The van der Waals surface area contributed by atoms with Gasteiger partial charge in [-0.2, -0.15) is 0 Å². The lowest BCUT2D eigenvalue weighted by atomic mass is 10.3. The molecule has 0 aliphatic heterocycles. The van der Waals surface area contributed by atoms with Crippen molar-refractivity contribution in [2.45, 2.75) is 12.8 Å². The Balaban J connectivity index is 1.60. The number of nitrogens with one attached hydrogen (secondary N) is 2. The SMILES string of the molecule is O=C(CCOc1cccc(Cl)c1)NCCc1ncc[nH]1. The number of imidazole rings is 1. The number of rotatable bonds is 7. The Morgan fingerprint density at radius 3 is 3.10 bits per heavy atom. The topological polar surface area (TPSA) is 67.0 Å². The van der Waals surface area contributed by atoms with Crippen LogP contribution in [0.4, 0.5) is 0 Å². The van der Waals surface area contributed by atoms with E-state index < -0.39 is 0 Å². The number of ether oxygens (including phenoxy) is 1. The van der Waals surface area contributed by atoms with Gasteiger partial charge in [0.2, 0.25) is 5.91 Å². The van der Waals surface area contributed by atoms with Crippen LogP contribution in [0.25, 0.3) is 0 Å². The molecule has 0 fully saturated rings. The van der Waals surface area contributed by atoms with E-state index in [1.165, 1.54) is 0 Å². The van der Waals surface area contributed by atoms with Crippen LogP contribution in [-0.2, 0) is 11.2 Å². The Morgan fingerprint density at radius 1 is 1.45 bits per heavy atom. The lowest BCUT2D eigenvalue weighted by Gasteiger charge is -2.07. The Labute approximate surface area is 122 Å². The molecule has 2 aromatic rings. The molecule has 0 spiro atoms. The molecule has 20 heavy (non-hydrogen) atoms. The predicted octanol–water partition coefficient (Wildman–Crippen LogP) is 2.19. The van der Waals surface area contributed by atoms with E-state index in [9.17, 15) is 4.79 Å². The van der Waals surface area contributed by atoms with Gasteiger partial charge in [0.1, 0.15) is 11.6 Å². The summed E-state index contributed by atoms with van der Waals surface area (Å²) < 4.78 is 5.45. The van der Waals surface area contributed by atoms with E-state index in [4.69, 9.17) is 16.3 Å². The number of amides is 1. The van der Waals surface area contributed by atoms with Gasteiger partial charge in [-0.3, -0.25) is 4.79 Å². The molecule has 0 saturated carbocycles. The normalized spacial score (nSPS) is 10.2. The number of aromatic amines is 1. The third-order valence-corrected chi connectivity index (χ3v) is 2.87. The monoisotopic (exact) mass is 293 g/mol. The average Bonchev–Trinajstić information content (AvgIpc) is 2.92. The largest absolute Gasteiger partial charge is 0.493 e. The maximum Gasteiger partial charge on any atom is 0.223 e. The zero-order chi connectivity index (χ0) is 14.2. The zero-order valence-corrected chi connectivity index (χ0v) is 11.7. The van der Waals surface area contributed by atoms with Crippen LogP contribution in [0.15, 0.2) is 36.7 Å². The van der Waals surface area contributed by atoms with Crippen LogP contribution in [0, 0.1) is 0 Å². The summed E-state index contributed by atoms with van der Waals surface area (Å²) >= 11 is 5.84. The maximum atomic E-state index is 11.6. The van der Waals surface area contributed by atoms with Crippen LogP contribution in [0.3, 0.4) is 0 Å². The molecule has 6 heteroatoms. The van der Waals surface area contributed by atoms with Crippen molar-refractivity contribution in [2.24, 2.45) is 0 Å². The van der Waals surface area contributed by atoms with Crippen molar-refractivity contribution in [2.75, 3.05) is 13.2 Å². The highest BCUT2D eigenvalue weighted by Gasteiger charge is 2.02. The number of nitrogens with zero attached hydrogens (tertiary/aromatic N) is 1. The van der Waals surface area contributed by atoms with Gasteiger partial charge in [0.05, 0.1) is 13.0 Å². The van der Waals surface area contributed by atoms with Gasteiger partial charge in [0, 0.05) is 30.4 Å². The number of carbonyl (C=O) groups is 1. The molecule has 106 valence electrons.